The van der Waals surface area contributed by atoms with Crippen LogP contribution in [0.5, 0.6) is 5.75 Å². The number of carbonyl (C=O) groups is 2. The first-order valence-electron chi connectivity index (χ1n) is 8.19. The molecule has 26 heavy (non-hydrogen) atoms. The molecule has 2 heterocycles. The normalized spacial score (nSPS) is 14.2. The molecule has 0 saturated carbocycles. The van der Waals surface area contributed by atoms with Crippen molar-refractivity contribution in [1.29, 1.82) is 0 Å². The summed E-state index contributed by atoms with van der Waals surface area (Å²) in [4.78, 5) is 24.1. The third kappa shape index (κ3) is 3.59. The molecule has 0 aliphatic carbocycles. The molecular weight excluding hydrogens is 418 g/mol. The summed E-state index contributed by atoms with van der Waals surface area (Å²) < 4.78 is 13.3. The van der Waals surface area contributed by atoms with E-state index in [1.54, 1.807) is 13.0 Å². The molecule has 0 amide bonds. The van der Waals surface area contributed by atoms with Crippen molar-refractivity contribution in [3.05, 3.63) is 50.8 Å². The van der Waals surface area contributed by atoms with Gasteiger partial charge in [0.25, 0.3) is 0 Å². The second kappa shape index (κ2) is 7.72. The summed E-state index contributed by atoms with van der Waals surface area (Å²) in [6.07, 6.45) is 4.07. The van der Waals surface area contributed by atoms with E-state index in [4.69, 9.17) is 9.47 Å². The van der Waals surface area contributed by atoms with Crippen molar-refractivity contribution in [2.24, 2.45) is 7.05 Å². The summed E-state index contributed by atoms with van der Waals surface area (Å²) in [5.41, 5.74) is 2.35. The first kappa shape index (κ1) is 18.8. The van der Waals surface area contributed by atoms with Gasteiger partial charge in [-0.1, -0.05) is 12.2 Å². The highest BCUT2D eigenvalue weighted by molar-refractivity contribution is 9.10. The standard InChI is InChI=1S/C19H20BrNO4S/c1-4-24-19(23)18-13-9-17(25-12(2)22)14(20)10-15(13)21(3)16(18)11-26-7-5-6-8-26/h5-10,26H,4,11H2,1-3H3. The minimum atomic E-state index is -0.441. The Labute approximate surface area is 163 Å². The number of esters is 2. The SMILES string of the molecule is CCOC(=O)c1c(C[SH]2C=CC=C2)n(C)c2cc(Br)c(OC(C)=O)cc12. The molecule has 3 rings (SSSR count). The van der Waals surface area contributed by atoms with Crippen LogP contribution >= 0.6 is 26.8 Å². The number of halogens is 1. The van der Waals surface area contributed by atoms with Gasteiger partial charge in [0.1, 0.15) is 5.75 Å². The van der Waals surface area contributed by atoms with Crippen molar-refractivity contribution in [1.82, 2.24) is 4.57 Å². The molecule has 0 bridgehead atoms. The lowest BCUT2D eigenvalue weighted by atomic mass is 10.1. The Morgan fingerprint density at radius 2 is 1.92 bits per heavy atom. The Balaban J connectivity index is 2.20. The monoisotopic (exact) mass is 437 g/mol. The van der Waals surface area contributed by atoms with Gasteiger partial charge in [-0.3, -0.25) is 4.79 Å². The predicted molar refractivity (Wildman–Crippen MR) is 109 cm³/mol. The lowest BCUT2D eigenvalue weighted by molar-refractivity contribution is -0.131. The highest BCUT2D eigenvalue weighted by Crippen LogP contribution is 2.41. The summed E-state index contributed by atoms with van der Waals surface area (Å²) in [6, 6.07) is 3.59. The number of hydrogen-bond donors (Lipinski definition) is 1. The van der Waals surface area contributed by atoms with Gasteiger partial charge < -0.3 is 14.0 Å². The van der Waals surface area contributed by atoms with Crippen LogP contribution in [-0.4, -0.2) is 23.1 Å². The van der Waals surface area contributed by atoms with E-state index in [0.717, 1.165) is 22.3 Å². The van der Waals surface area contributed by atoms with Crippen molar-refractivity contribution >= 4 is 49.7 Å². The molecule has 0 fully saturated rings. The molecule has 0 radical (unpaired) electrons. The van der Waals surface area contributed by atoms with Crippen LogP contribution in [0.4, 0.5) is 0 Å². The van der Waals surface area contributed by atoms with Gasteiger partial charge >= 0.3 is 11.9 Å². The largest absolute Gasteiger partial charge is 0.462 e. The maximum atomic E-state index is 12.7. The van der Waals surface area contributed by atoms with E-state index in [2.05, 4.69) is 26.7 Å². The second-order valence-corrected chi connectivity index (χ2v) is 8.65. The molecule has 0 unspecified atom stereocenters. The molecule has 2 aromatic rings. The Hall–Kier alpha value is -1.99. The van der Waals surface area contributed by atoms with Crippen LogP contribution < -0.4 is 4.74 Å². The van der Waals surface area contributed by atoms with Crippen molar-refractivity contribution in [3.63, 3.8) is 0 Å². The van der Waals surface area contributed by atoms with Crippen LogP contribution in [0.3, 0.4) is 0 Å². The fourth-order valence-corrected chi connectivity index (χ4v) is 5.07. The molecule has 5 nitrogen and oxygen atoms in total. The van der Waals surface area contributed by atoms with E-state index in [1.165, 1.54) is 6.92 Å². The van der Waals surface area contributed by atoms with Crippen molar-refractivity contribution in [2.45, 2.75) is 19.6 Å². The predicted octanol–water partition coefficient (Wildman–Crippen LogP) is 4.59. The molecule has 1 aromatic heterocycles. The Morgan fingerprint density at radius 1 is 1.23 bits per heavy atom. The number of hydrogen-bond acceptors (Lipinski definition) is 4. The van der Waals surface area contributed by atoms with Gasteiger partial charge in [0, 0.05) is 30.8 Å². The zero-order chi connectivity index (χ0) is 18.8. The summed E-state index contributed by atoms with van der Waals surface area (Å²) in [6.45, 7) is 3.44. The highest BCUT2D eigenvalue weighted by Gasteiger charge is 2.24. The summed E-state index contributed by atoms with van der Waals surface area (Å²) >= 11 is 3.44. The van der Waals surface area contributed by atoms with Crippen LogP contribution in [0.1, 0.15) is 29.9 Å². The minimum absolute atomic E-state index is 0.302. The lowest BCUT2D eigenvalue weighted by Gasteiger charge is -2.13. The van der Waals surface area contributed by atoms with Crippen molar-refractivity contribution in [2.75, 3.05) is 6.61 Å². The minimum Gasteiger partial charge on any atom is -0.462 e. The Kier molecular flexibility index (Phi) is 5.58. The average Bonchev–Trinajstić information content (AvgIpc) is 3.17. The van der Waals surface area contributed by atoms with Crippen molar-refractivity contribution < 1.29 is 19.1 Å². The summed E-state index contributed by atoms with van der Waals surface area (Å²) in [7, 11) is 1.50. The molecule has 138 valence electrons. The molecule has 0 N–H and O–H groups in total. The fraction of sp³-hybridized carbons (Fsp3) is 0.263. The van der Waals surface area contributed by atoms with E-state index < -0.39 is 16.9 Å². The van der Waals surface area contributed by atoms with Crippen LogP contribution in [0.15, 0.2) is 39.6 Å². The molecule has 7 heteroatoms. The fourth-order valence-electron chi connectivity index (χ4n) is 2.99. The first-order chi connectivity index (χ1) is 12.4. The third-order valence-corrected chi connectivity index (χ3v) is 6.50. The van der Waals surface area contributed by atoms with Crippen LogP contribution in [0.25, 0.3) is 10.9 Å². The summed E-state index contributed by atoms with van der Waals surface area (Å²) in [5, 5.41) is 5.06. The number of carbonyl (C=O) groups excluding carboxylic acids is 2. The number of thiol groups is 1. The maximum absolute atomic E-state index is 12.7. The quantitative estimate of drug-likeness (QED) is 0.422. The zero-order valence-electron chi connectivity index (χ0n) is 14.8. The zero-order valence-corrected chi connectivity index (χ0v) is 17.3. The van der Waals surface area contributed by atoms with Gasteiger partial charge in [0.05, 0.1) is 22.2 Å². The smallest absolute Gasteiger partial charge is 0.340 e. The van der Waals surface area contributed by atoms with Crippen molar-refractivity contribution in [3.8, 4) is 5.75 Å². The van der Waals surface area contributed by atoms with E-state index >= 15 is 0 Å². The van der Waals surface area contributed by atoms with Gasteiger partial charge in [0.15, 0.2) is 0 Å². The number of allylic oxidation sites excluding steroid dienone is 2. The number of nitrogens with zero attached hydrogens (tertiary/aromatic N) is 1. The Morgan fingerprint density at radius 3 is 2.54 bits per heavy atom. The number of benzene rings is 1. The van der Waals surface area contributed by atoms with Gasteiger partial charge in [-0.2, -0.15) is 0 Å². The molecule has 0 spiro atoms. The van der Waals surface area contributed by atoms with Gasteiger partial charge in [-0.05, 0) is 45.8 Å². The molecule has 1 aliphatic heterocycles. The van der Waals surface area contributed by atoms with Crippen LogP contribution in [-0.2, 0) is 22.3 Å². The molecule has 1 aliphatic rings. The lowest BCUT2D eigenvalue weighted by Crippen LogP contribution is -2.09. The van der Waals surface area contributed by atoms with E-state index in [0.29, 0.717) is 22.4 Å². The van der Waals surface area contributed by atoms with E-state index in [1.807, 2.05) is 29.8 Å². The second-order valence-electron chi connectivity index (χ2n) is 5.85. The van der Waals surface area contributed by atoms with Crippen LogP contribution in [0, 0.1) is 0 Å². The molecule has 1 aromatic carbocycles. The van der Waals surface area contributed by atoms with Gasteiger partial charge in [-0.15, -0.1) is 0 Å². The Bertz CT molecular complexity index is 933. The van der Waals surface area contributed by atoms with Gasteiger partial charge in [0.2, 0.25) is 0 Å². The number of aromatic nitrogens is 1. The molecule has 0 atom stereocenters. The van der Waals surface area contributed by atoms with E-state index in [9.17, 15) is 9.59 Å². The number of rotatable bonds is 5. The van der Waals surface area contributed by atoms with Crippen LogP contribution in [0.2, 0.25) is 0 Å². The van der Waals surface area contributed by atoms with E-state index in [-0.39, 0.29) is 5.97 Å². The first-order valence-corrected chi connectivity index (χ1v) is 10.6. The number of aryl methyl sites for hydroxylation is 1. The molecule has 0 saturated heterocycles. The van der Waals surface area contributed by atoms with Gasteiger partial charge in [-0.25, -0.2) is 15.7 Å². The number of fused-ring (bicyclic) bond motifs is 1. The maximum Gasteiger partial charge on any atom is 0.340 e. The number of ether oxygens (including phenoxy) is 2. The molecular formula is C19H20BrNO4S. The summed E-state index contributed by atoms with van der Waals surface area (Å²) in [5.74, 6) is 0.372. The third-order valence-electron chi connectivity index (χ3n) is 4.11. The average molecular weight is 438 g/mol. The topological polar surface area (TPSA) is 57.5 Å². The highest BCUT2D eigenvalue weighted by atomic mass is 79.9.